The van der Waals surface area contributed by atoms with E-state index >= 15 is 8.78 Å². The second-order valence-electron chi connectivity index (χ2n) is 11.9. The summed E-state index contributed by atoms with van der Waals surface area (Å²) >= 11 is 6.67. The van der Waals surface area contributed by atoms with Gasteiger partial charge in [0.1, 0.15) is 34.4 Å². The molecule has 1 saturated heterocycles. The highest BCUT2D eigenvalue weighted by Crippen LogP contribution is 2.47. The van der Waals surface area contributed by atoms with Crippen LogP contribution >= 0.6 is 23.1 Å². The van der Waals surface area contributed by atoms with Crippen LogP contribution in [0.2, 0.25) is 5.02 Å². The van der Waals surface area contributed by atoms with Crippen LogP contribution in [0.1, 0.15) is 36.8 Å². The predicted molar refractivity (Wildman–Crippen MR) is 175 cm³/mol. The van der Waals surface area contributed by atoms with Crippen molar-refractivity contribution < 1.29 is 45.3 Å². The fourth-order valence-electron chi connectivity index (χ4n) is 6.24. The first-order chi connectivity index (χ1) is 23.5. The Morgan fingerprint density at radius 3 is 2.33 bits per heavy atom. The molecular weight excluding hydrogens is 707 g/mol. The van der Waals surface area contributed by atoms with E-state index in [1.165, 1.54) is 26.4 Å². The Morgan fingerprint density at radius 1 is 0.918 bits per heavy atom. The van der Waals surface area contributed by atoms with Crippen LogP contribution in [0, 0.1) is 22.9 Å². The summed E-state index contributed by atoms with van der Waals surface area (Å²) in [5.41, 5.74) is 0.449. The number of sulfonamides is 1. The van der Waals surface area contributed by atoms with E-state index in [0.29, 0.717) is 74.0 Å². The lowest BCUT2D eigenvalue weighted by Crippen LogP contribution is -2.43. The number of benzene rings is 3. The first kappa shape index (κ1) is 35.2. The van der Waals surface area contributed by atoms with E-state index in [4.69, 9.17) is 35.3 Å². The standard InChI is InChI=1S/C33H33ClF3N3O7S2/c1-43-23-5-4-22(28(14-23)44-2)18-40(31-38-20-39-48-31)49(41,42)30-16-26(36)29(15-27(30)37)45-19-32(17-21-3-6-24(34)25(35)13-21)7-9-33(10-8-32)46-11-12-47-33/h3-6,13-16,20H,7-12,17-19H2,1-2H3. The van der Waals surface area contributed by atoms with Crippen molar-refractivity contribution in [3.8, 4) is 17.2 Å². The van der Waals surface area contributed by atoms with Crippen LogP contribution < -0.4 is 18.5 Å². The number of rotatable bonds is 12. The molecule has 1 aliphatic carbocycles. The van der Waals surface area contributed by atoms with Crippen LogP contribution in [0.25, 0.3) is 0 Å². The van der Waals surface area contributed by atoms with E-state index in [1.54, 1.807) is 24.3 Å². The van der Waals surface area contributed by atoms with Crippen LogP contribution in [-0.4, -0.2) is 57.6 Å². The molecule has 0 bridgehead atoms. The molecule has 49 heavy (non-hydrogen) atoms. The van der Waals surface area contributed by atoms with Crippen molar-refractivity contribution in [1.29, 1.82) is 0 Å². The summed E-state index contributed by atoms with van der Waals surface area (Å²) in [6.07, 6.45) is 3.63. The molecule has 1 saturated carbocycles. The van der Waals surface area contributed by atoms with Crippen LogP contribution in [-0.2, 0) is 32.5 Å². The van der Waals surface area contributed by atoms with Gasteiger partial charge in [0, 0.05) is 53.6 Å². The highest BCUT2D eigenvalue weighted by Gasteiger charge is 2.47. The Hall–Kier alpha value is -3.63. The van der Waals surface area contributed by atoms with Gasteiger partial charge in [0.2, 0.25) is 5.13 Å². The molecule has 6 rings (SSSR count). The number of methoxy groups -OCH3 is 2. The molecule has 2 aliphatic rings. The van der Waals surface area contributed by atoms with E-state index < -0.39 is 49.3 Å². The van der Waals surface area contributed by atoms with Gasteiger partial charge >= 0.3 is 0 Å². The Labute approximate surface area is 290 Å². The first-order valence-corrected chi connectivity index (χ1v) is 17.9. The molecule has 0 radical (unpaired) electrons. The van der Waals surface area contributed by atoms with Gasteiger partial charge in [-0.05, 0) is 49.1 Å². The normalized spacial score (nSPS) is 16.9. The predicted octanol–water partition coefficient (Wildman–Crippen LogP) is 6.95. The minimum Gasteiger partial charge on any atom is -0.497 e. The van der Waals surface area contributed by atoms with Gasteiger partial charge < -0.3 is 23.7 Å². The number of hydrogen-bond acceptors (Lipinski definition) is 10. The largest absolute Gasteiger partial charge is 0.497 e. The highest BCUT2D eigenvalue weighted by atomic mass is 35.5. The molecule has 1 aromatic heterocycles. The van der Waals surface area contributed by atoms with Crippen molar-refractivity contribution in [3.63, 3.8) is 0 Å². The third kappa shape index (κ3) is 7.45. The maximum absolute atomic E-state index is 15.8. The molecule has 2 fully saturated rings. The van der Waals surface area contributed by atoms with Gasteiger partial charge in [-0.15, -0.1) is 0 Å². The fraction of sp³-hybridized carbons (Fsp3) is 0.394. The summed E-state index contributed by atoms with van der Waals surface area (Å²) in [7, 11) is -1.85. The summed E-state index contributed by atoms with van der Waals surface area (Å²) in [6, 6.07) is 10.6. The molecule has 1 spiro atoms. The monoisotopic (exact) mass is 739 g/mol. The van der Waals surface area contributed by atoms with Crippen LogP contribution in [0.15, 0.2) is 59.8 Å². The fourth-order valence-corrected chi connectivity index (χ4v) is 8.55. The number of nitrogens with zero attached hydrogens (tertiary/aromatic N) is 3. The van der Waals surface area contributed by atoms with Gasteiger partial charge in [0.05, 0.1) is 45.6 Å². The summed E-state index contributed by atoms with van der Waals surface area (Å²) in [6.45, 7) is 0.572. The Morgan fingerprint density at radius 2 is 1.67 bits per heavy atom. The molecule has 0 amide bonds. The van der Waals surface area contributed by atoms with E-state index in [-0.39, 0.29) is 23.3 Å². The topological polar surface area (TPSA) is 109 Å². The van der Waals surface area contributed by atoms with Gasteiger partial charge in [-0.25, -0.2) is 30.9 Å². The summed E-state index contributed by atoms with van der Waals surface area (Å²) in [5.74, 6) is -3.26. The third-order valence-electron chi connectivity index (χ3n) is 8.91. The average molecular weight is 740 g/mol. The SMILES string of the molecule is COc1ccc(CN(c2ncns2)S(=O)(=O)c2cc(F)c(OCC3(Cc4ccc(Cl)c(F)c4)CCC4(CC3)OCCO4)cc2F)c(OC)c1. The van der Waals surface area contributed by atoms with Crippen molar-refractivity contribution in [2.75, 3.05) is 38.3 Å². The first-order valence-electron chi connectivity index (χ1n) is 15.3. The lowest BCUT2D eigenvalue weighted by atomic mass is 9.69. The van der Waals surface area contributed by atoms with E-state index in [9.17, 15) is 12.8 Å². The molecule has 10 nitrogen and oxygen atoms in total. The van der Waals surface area contributed by atoms with Crippen molar-refractivity contribution >= 4 is 38.3 Å². The van der Waals surface area contributed by atoms with Gasteiger partial charge in [-0.2, -0.15) is 4.37 Å². The number of hydrogen-bond donors (Lipinski definition) is 0. The Kier molecular flexibility index (Phi) is 10.3. The number of halogens is 4. The summed E-state index contributed by atoms with van der Waals surface area (Å²) in [5, 5.41) is -0.0753. The van der Waals surface area contributed by atoms with Gasteiger partial charge in [-0.1, -0.05) is 17.7 Å². The Balaban J connectivity index is 1.27. The van der Waals surface area contributed by atoms with Gasteiger partial charge in [0.15, 0.2) is 17.4 Å². The molecule has 1 aliphatic heterocycles. The van der Waals surface area contributed by atoms with Crippen LogP contribution in [0.3, 0.4) is 0 Å². The summed E-state index contributed by atoms with van der Waals surface area (Å²) < 4.78 is 107. The maximum Gasteiger partial charge on any atom is 0.269 e. The number of anilines is 1. The lowest BCUT2D eigenvalue weighted by Gasteiger charge is -2.43. The summed E-state index contributed by atoms with van der Waals surface area (Å²) in [4.78, 5) is 3.11. The van der Waals surface area contributed by atoms with Crippen molar-refractivity contribution in [1.82, 2.24) is 9.36 Å². The van der Waals surface area contributed by atoms with E-state index in [2.05, 4.69) is 9.36 Å². The van der Waals surface area contributed by atoms with Crippen molar-refractivity contribution in [2.45, 2.75) is 49.3 Å². The van der Waals surface area contributed by atoms with Crippen LogP contribution in [0.5, 0.6) is 17.2 Å². The molecule has 4 aromatic rings. The molecule has 0 atom stereocenters. The zero-order valence-corrected chi connectivity index (χ0v) is 29.0. The zero-order chi connectivity index (χ0) is 34.8. The number of ether oxygens (including phenoxy) is 5. The Bertz CT molecular complexity index is 1900. The maximum atomic E-state index is 15.8. The van der Waals surface area contributed by atoms with E-state index in [0.717, 1.165) is 28.2 Å². The lowest BCUT2D eigenvalue weighted by molar-refractivity contribution is -0.194. The zero-order valence-electron chi connectivity index (χ0n) is 26.6. The molecular formula is C33H33ClF3N3O7S2. The number of aromatic nitrogens is 2. The highest BCUT2D eigenvalue weighted by molar-refractivity contribution is 7.93. The third-order valence-corrected chi connectivity index (χ3v) is 11.8. The van der Waals surface area contributed by atoms with Gasteiger partial charge in [-0.3, -0.25) is 0 Å². The molecule has 2 heterocycles. The molecule has 262 valence electrons. The molecule has 0 unspecified atom stereocenters. The minimum atomic E-state index is -4.73. The quantitative estimate of drug-likeness (QED) is 0.153. The minimum absolute atomic E-state index is 0.00943. The molecule has 16 heteroatoms. The van der Waals surface area contributed by atoms with E-state index in [1.807, 2.05) is 0 Å². The smallest absolute Gasteiger partial charge is 0.269 e. The van der Waals surface area contributed by atoms with Gasteiger partial charge in [0.25, 0.3) is 10.0 Å². The second kappa shape index (κ2) is 14.3. The average Bonchev–Trinajstić information content (AvgIpc) is 3.80. The second-order valence-corrected chi connectivity index (χ2v) is 14.9. The van der Waals surface area contributed by atoms with Crippen LogP contribution in [0.4, 0.5) is 18.3 Å². The van der Waals surface area contributed by atoms with Crippen molar-refractivity contribution in [2.24, 2.45) is 5.41 Å². The molecule has 3 aromatic carbocycles. The van der Waals surface area contributed by atoms with Crippen molar-refractivity contribution in [3.05, 3.63) is 88.5 Å². The molecule has 0 N–H and O–H groups in total.